The molecule has 5 rings (SSSR count). The fourth-order valence-electron chi connectivity index (χ4n) is 5.89. The van der Waals surface area contributed by atoms with Gasteiger partial charge in [-0.2, -0.15) is 0 Å². The Morgan fingerprint density at radius 1 is 0.853 bits per heavy atom. The number of imidazole rings is 1. The van der Waals surface area contributed by atoms with Crippen LogP contribution in [0.4, 0.5) is 0 Å². The van der Waals surface area contributed by atoms with Crippen molar-refractivity contribution in [3.63, 3.8) is 0 Å². The molecule has 1 aliphatic heterocycles. The van der Waals surface area contributed by atoms with Crippen molar-refractivity contribution in [1.29, 1.82) is 0 Å². The third kappa shape index (κ3) is 3.02. The third-order valence-electron chi connectivity index (χ3n) is 8.01. The van der Waals surface area contributed by atoms with E-state index < -0.39 is 0 Å². The lowest BCUT2D eigenvalue weighted by Crippen LogP contribution is -2.31. The van der Waals surface area contributed by atoms with Gasteiger partial charge in [0, 0.05) is 16.9 Å². The summed E-state index contributed by atoms with van der Waals surface area (Å²) in [5.41, 5.74) is 5.94. The number of aromatic nitrogens is 3. The van der Waals surface area contributed by atoms with E-state index in [9.17, 15) is 0 Å². The van der Waals surface area contributed by atoms with E-state index in [0.717, 1.165) is 64.8 Å². The van der Waals surface area contributed by atoms with Crippen LogP contribution in [0.25, 0.3) is 27.6 Å². The monoisotopic (exact) mass is 459 g/mol. The molecule has 0 aliphatic carbocycles. The molecule has 4 aromatic rings. The summed E-state index contributed by atoms with van der Waals surface area (Å²) < 4.78 is 14.7. The summed E-state index contributed by atoms with van der Waals surface area (Å²) in [6.07, 6.45) is 3.81. The Morgan fingerprint density at radius 3 is 2.03 bits per heavy atom. The average Bonchev–Trinajstić information content (AvgIpc) is 3.35. The summed E-state index contributed by atoms with van der Waals surface area (Å²) in [4.78, 5) is 10.4. The highest BCUT2D eigenvalue weighted by Gasteiger charge is 2.50. The van der Waals surface area contributed by atoms with Gasteiger partial charge in [0.1, 0.15) is 17.2 Å². The molecular weight excluding hydrogens is 422 g/mol. The highest BCUT2D eigenvalue weighted by Crippen LogP contribution is 2.54. The number of hydrogen-bond acceptors (Lipinski definition) is 4. The highest BCUT2D eigenvalue weighted by atomic mass is 16.5. The first-order chi connectivity index (χ1) is 16.2. The molecule has 0 unspecified atom stereocenters. The first kappa shape index (κ1) is 23.1. The molecule has 180 valence electrons. The number of rotatable bonds is 5. The minimum atomic E-state index is -0.265. The molecule has 0 saturated heterocycles. The number of methoxy groups -OCH3 is 1. The Morgan fingerprint density at radius 2 is 1.47 bits per heavy atom. The van der Waals surface area contributed by atoms with Crippen molar-refractivity contribution in [2.24, 2.45) is 0 Å². The van der Waals surface area contributed by atoms with Gasteiger partial charge in [-0.25, -0.2) is 9.97 Å². The van der Waals surface area contributed by atoms with Crippen LogP contribution in [0.3, 0.4) is 0 Å². The molecule has 0 saturated carbocycles. The second-order valence-electron chi connectivity index (χ2n) is 10.7. The zero-order valence-electron chi connectivity index (χ0n) is 21.9. The first-order valence-electron chi connectivity index (χ1n) is 12.7. The molecule has 0 atom stereocenters. The summed E-state index contributed by atoms with van der Waals surface area (Å²) in [6, 6.07) is 10.7. The lowest BCUT2D eigenvalue weighted by atomic mass is 9.82. The van der Waals surface area contributed by atoms with Gasteiger partial charge in [0.15, 0.2) is 0 Å². The van der Waals surface area contributed by atoms with Gasteiger partial charge in [-0.1, -0.05) is 48.5 Å². The van der Waals surface area contributed by atoms with Gasteiger partial charge in [0.2, 0.25) is 0 Å². The summed E-state index contributed by atoms with van der Waals surface area (Å²) in [6.45, 7) is 15.6. The van der Waals surface area contributed by atoms with E-state index in [1.165, 1.54) is 11.1 Å². The van der Waals surface area contributed by atoms with Crippen molar-refractivity contribution >= 4 is 27.6 Å². The second kappa shape index (κ2) is 7.67. The molecule has 5 nitrogen and oxygen atoms in total. The number of hydrogen-bond donors (Lipinski definition) is 0. The van der Waals surface area contributed by atoms with Gasteiger partial charge >= 0.3 is 0 Å². The molecular formula is C29H37N3O2. The molecule has 0 fully saturated rings. The van der Waals surface area contributed by atoms with Crippen molar-refractivity contribution in [1.82, 2.24) is 14.4 Å². The third-order valence-corrected chi connectivity index (χ3v) is 8.01. The quantitative estimate of drug-likeness (QED) is 0.312. The standard InChI is InChI=1S/C29H37N3O2/c1-9-28(10-2)20-16-23-24(17-21(20)29(11-3,12-4)34-28)32-25(30-23)19-14-13-18(33-8)15-22(19)31-26(32)27(5,6)7/h13-17H,9-12H2,1-8H3. The van der Waals surface area contributed by atoms with Gasteiger partial charge in [0.25, 0.3) is 0 Å². The molecule has 0 radical (unpaired) electrons. The van der Waals surface area contributed by atoms with Crippen LogP contribution < -0.4 is 4.74 Å². The van der Waals surface area contributed by atoms with E-state index in [2.05, 4.69) is 71.1 Å². The van der Waals surface area contributed by atoms with Crippen LogP contribution >= 0.6 is 0 Å². The lowest BCUT2D eigenvalue weighted by Gasteiger charge is -2.34. The van der Waals surface area contributed by atoms with E-state index in [0.29, 0.717) is 0 Å². The number of benzene rings is 2. The van der Waals surface area contributed by atoms with E-state index >= 15 is 0 Å². The van der Waals surface area contributed by atoms with Crippen LogP contribution in [0.5, 0.6) is 5.75 Å². The molecule has 0 amide bonds. The van der Waals surface area contributed by atoms with E-state index in [1.807, 2.05) is 12.1 Å². The minimum Gasteiger partial charge on any atom is -0.497 e. The minimum absolute atomic E-state index is 0.165. The molecule has 0 N–H and O–H groups in total. The fraction of sp³-hybridized carbons (Fsp3) is 0.517. The maximum absolute atomic E-state index is 6.98. The molecule has 1 aliphatic rings. The van der Waals surface area contributed by atoms with Crippen LogP contribution in [-0.4, -0.2) is 21.5 Å². The summed E-state index contributed by atoms with van der Waals surface area (Å²) in [5, 5.41) is 1.04. The van der Waals surface area contributed by atoms with Gasteiger partial charge < -0.3 is 9.47 Å². The van der Waals surface area contributed by atoms with Crippen molar-refractivity contribution in [3.05, 3.63) is 47.3 Å². The van der Waals surface area contributed by atoms with Gasteiger partial charge in [-0.05, 0) is 61.1 Å². The van der Waals surface area contributed by atoms with Gasteiger partial charge in [-0.15, -0.1) is 0 Å². The maximum atomic E-state index is 6.98. The fourth-order valence-corrected chi connectivity index (χ4v) is 5.89. The van der Waals surface area contributed by atoms with Crippen molar-refractivity contribution < 1.29 is 9.47 Å². The van der Waals surface area contributed by atoms with Crippen LogP contribution in [0.2, 0.25) is 0 Å². The second-order valence-corrected chi connectivity index (χ2v) is 10.7. The van der Waals surface area contributed by atoms with Gasteiger partial charge in [-0.3, -0.25) is 4.40 Å². The number of fused-ring (bicyclic) bond motifs is 6. The molecule has 5 heteroatoms. The Kier molecular flexibility index (Phi) is 5.21. The Hall–Kier alpha value is -2.66. The predicted molar refractivity (Wildman–Crippen MR) is 139 cm³/mol. The SMILES string of the molecule is CCC1(CC)OC(CC)(CC)c2cc3c(cc21)nc1c2ccc(OC)cc2nc(C(C)(C)C)n31. The van der Waals surface area contributed by atoms with Crippen molar-refractivity contribution in [2.45, 2.75) is 90.8 Å². The lowest BCUT2D eigenvalue weighted by molar-refractivity contribution is -0.151. The van der Waals surface area contributed by atoms with E-state index in [-0.39, 0.29) is 16.6 Å². The summed E-state index contributed by atoms with van der Waals surface area (Å²) >= 11 is 0. The Labute approximate surface area is 202 Å². The zero-order valence-corrected chi connectivity index (χ0v) is 21.9. The molecule has 2 aromatic heterocycles. The van der Waals surface area contributed by atoms with E-state index in [4.69, 9.17) is 19.4 Å². The van der Waals surface area contributed by atoms with Crippen LogP contribution in [0, 0.1) is 0 Å². The molecule has 3 heterocycles. The normalized spacial score (nSPS) is 17.1. The van der Waals surface area contributed by atoms with E-state index in [1.54, 1.807) is 7.11 Å². The molecule has 0 spiro atoms. The topological polar surface area (TPSA) is 48.7 Å². The Balaban J connectivity index is 1.95. The molecule has 34 heavy (non-hydrogen) atoms. The Bertz CT molecular complexity index is 1400. The maximum Gasteiger partial charge on any atom is 0.148 e. The van der Waals surface area contributed by atoms with Crippen LogP contribution in [-0.2, 0) is 21.4 Å². The number of ether oxygens (including phenoxy) is 2. The summed E-state index contributed by atoms with van der Waals surface area (Å²) in [7, 11) is 1.69. The first-order valence-corrected chi connectivity index (χ1v) is 12.7. The predicted octanol–water partition coefficient (Wildman–Crippen LogP) is 7.40. The average molecular weight is 460 g/mol. The zero-order chi connectivity index (χ0) is 24.5. The van der Waals surface area contributed by atoms with Crippen LogP contribution in [0.1, 0.15) is 91.1 Å². The smallest absolute Gasteiger partial charge is 0.148 e. The molecule has 0 bridgehead atoms. The van der Waals surface area contributed by atoms with Crippen molar-refractivity contribution in [2.75, 3.05) is 7.11 Å². The molecule has 2 aromatic carbocycles. The summed E-state index contributed by atoms with van der Waals surface area (Å²) in [5.74, 6) is 1.81. The van der Waals surface area contributed by atoms with Crippen molar-refractivity contribution in [3.8, 4) is 5.75 Å². The van der Waals surface area contributed by atoms with Gasteiger partial charge in [0.05, 0.1) is 34.9 Å². The largest absolute Gasteiger partial charge is 0.497 e. The van der Waals surface area contributed by atoms with Crippen LogP contribution in [0.15, 0.2) is 30.3 Å². The highest BCUT2D eigenvalue weighted by molar-refractivity contribution is 5.97. The number of nitrogens with zero attached hydrogens (tertiary/aromatic N) is 3.